The summed E-state index contributed by atoms with van der Waals surface area (Å²) in [7, 11) is 1.78. The van der Waals surface area contributed by atoms with Gasteiger partial charge in [-0.25, -0.2) is 0 Å². The lowest BCUT2D eigenvalue weighted by molar-refractivity contribution is -0.169. The van der Waals surface area contributed by atoms with Crippen LogP contribution in [-0.4, -0.2) is 76.9 Å². The van der Waals surface area contributed by atoms with Gasteiger partial charge < -0.3 is 19.3 Å². The van der Waals surface area contributed by atoms with Gasteiger partial charge in [-0.15, -0.1) is 0 Å². The summed E-state index contributed by atoms with van der Waals surface area (Å²) in [6.45, 7) is 4.60. The zero-order valence-corrected chi connectivity index (χ0v) is 19.0. The van der Waals surface area contributed by atoms with E-state index in [1.54, 1.807) is 33.9 Å². The number of aromatic nitrogens is 2. The first-order chi connectivity index (χ1) is 15.5. The molecule has 2 amide bonds. The fourth-order valence-electron chi connectivity index (χ4n) is 4.49. The second-order valence-corrected chi connectivity index (χ2v) is 8.54. The molecule has 1 spiro atoms. The Morgan fingerprint density at radius 2 is 2.03 bits per heavy atom. The maximum absolute atomic E-state index is 13.5. The van der Waals surface area contributed by atoms with Crippen molar-refractivity contribution in [3.63, 3.8) is 0 Å². The van der Waals surface area contributed by atoms with Crippen molar-refractivity contribution in [3.05, 3.63) is 47.8 Å². The molecule has 0 radical (unpaired) electrons. The number of rotatable bonds is 2. The minimum Gasteiger partial charge on any atom is -0.491 e. The van der Waals surface area contributed by atoms with Crippen LogP contribution < -0.4 is 4.74 Å². The maximum Gasteiger partial charge on any atom is 0.257 e. The number of aryl methyl sites for hydroxylation is 2. The Bertz CT molecular complexity index is 959. The number of para-hydroxylation sites is 1. The van der Waals surface area contributed by atoms with Gasteiger partial charge in [0, 0.05) is 26.3 Å². The first-order valence-corrected chi connectivity index (χ1v) is 11.4. The molecule has 2 aliphatic rings. The van der Waals surface area contributed by atoms with Crippen molar-refractivity contribution in [1.29, 1.82) is 0 Å². The van der Waals surface area contributed by atoms with E-state index >= 15 is 0 Å². The van der Waals surface area contributed by atoms with Gasteiger partial charge in [0.1, 0.15) is 12.4 Å². The second-order valence-electron chi connectivity index (χ2n) is 8.54. The number of carbonyl (C=O) groups excluding carboxylic acids is 2. The van der Waals surface area contributed by atoms with Gasteiger partial charge in [0.05, 0.1) is 31.5 Å². The Labute approximate surface area is 189 Å². The van der Waals surface area contributed by atoms with Crippen LogP contribution in [0.1, 0.15) is 42.1 Å². The molecule has 2 aromatic rings. The monoisotopic (exact) mass is 440 g/mol. The number of amides is 2. The molecule has 8 heteroatoms. The van der Waals surface area contributed by atoms with E-state index in [0.29, 0.717) is 44.8 Å². The highest BCUT2D eigenvalue weighted by Crippen LogP contribution is 2.29. The highest BCUT2D eigenvalue weighted by Gasteiger charge is 2.46. The predicted molar refractivity (Wildman–Crippen MR) is 120 cm³/mol. The van der Waals surface area contributed by atoms with E-state index in [-0.39, 0.29) is 18.4 Å². The largest absolute Gasteiger partial charge is 0.491 e. The molecule has 2 aliphatic heterocycles. The molecule has 32 heavy (non-hydrogen) atoms. The normalized spacial score (nSPS) is 22.6. The van der Waals surface area contributed by atoms with Crippen LogP contribution in [0.25, 0.3) is 0 Å². The van der Waals surface area contributed by atoms with Crippen molar-refractivity contribution in [2.24, 2.45) is 0 Å². The van der Waals surface area contributed by atoms with Crippen molar-refractivity contribution < 1.29 is 19.1 Å². The Morgan fingerprint density at radius 3 is 2.84 bits per heavy atom. The van der Waals surface area contributed by atoms with Crippen LogP contribution in [0.3, 0.4) is 0 Å². The van der Waals surface area contributed by atoms with Crippen LogP contribution in [0.5, 0.6) is 5.75 Å². The van der Waals surface area contributed by atoms with Crippen molar-refractivity contribution in [1.82, 2.24) is 19.6 Å². The highest BCUT2D eigenvalue weighted by molar-refractivity contribution is 5.95. The summed E-state index contributed by atoms with van der Waals surface area (Å²) in [6, 6.07) is 8.08. The number of fused-ring (bicyclic) bond motifs is 1. The van der Waals surface area contributed by atoms with E-state index in [1.165, 1.54) is 5.56 Å². The molecular formula is C24H32N4O4. The van der Waals surface area contributed by atoms with Gasteiger partial charge in [-0.2, -0.15) is 5.10 Å². The predicted octanol–water partition coefficient (Wildman–Crippen LogP) is 2.38. The van der Waals surface area contributed by atoms with Crippen LogP contribution in [0.4, 0.5) is 0 Å². The highest BCUT2D eigenvalue weighted by atomic mass is 16.5. The molecule has 1 aromatic heterocycles. The van der Waals surface area contributed by atoms with Gasteiger partial charge >= 0.3 is 0 Å². The van der Waals surface area contributed by atoms with Crippen molar-refractivity contribution in [2.45, 2.75) is 44.8 Å². The molecule has 172 valence electrons. The van der Waals surface area contributed by atoms with Gasteiger partial charge in [0.2, 0.25) is 0 Å². The van der Waals surface area contributed by atoms with E-state index in [9.17, 15) is 9.59 Å². The van der Waals surface area contributed by atoms with E-state index in [1.807, 2.05) is 25.1 Å². The van der Waals surface area contributed by atoms with Crippen LogP contribution in [0, 0.1) is 0 Å². The third-order valence-corrected chi connectivity index (χ3v) is 6.35. The maximum atomic E-state index is 13.5. The van der Waals surface area contributed by atoms with Gasteiger partial charge in [-0.05, 0) is 44.2 Å². The summed E-state index contributed by atoms with van der Waals surface area (Å²) >= 11 is 0. The third kappa shape index (κ3) is 4.65. The first kappa shape index (κ1) is 22.3. The number of hydrogen-bond acceptors (Lipinski definition) is 5. The number of carbonyl (C=O) groups is 2. The second kappa shape index (κ2) is 9.73. The smallest absolute Gasteiger partial charge is 0.257 e. The summed E-state index contributed by atoms with van der Waals surface area (Å²) in [5, 5.41) is 4.22. The SMILES string of the molecule is CCn1cc(C(=O)N2CCOC3(CCCCc4ccccc4OCCN(C)C3=O)C2)cn1. The molecule has 3 heterocycles. The lowest BCUT2D eigenvalue weighted by Gasteiger charge is -2.43. The van der Waals surface area contributed by atoms with Gasteiger partial charge in [-0.3, -0.25) is 14.3 Å². The average molecular weight is 441 g/mol. The average Bonchev–Trinajstić information content (AvgIpc) is 3.30. The molecular weight excluding hydrogens is 408 g/mol. The molecule has 1 atom stereocenters. The molecule has 1 fully saturated rings. The van der Waals surface area contributed by atoms with Crippen LogP contribution in [0.2, 0.25) is 0 Å². The number of likely N-dealkylation sites (N-methyl/N-ethyl adjacent to an activating group) is 1. The standard InChI is InChI=1S/C24H32N4O4/c1-3-28-17-20(16-25-28)22(29)27-13-15-32-24(18-27)11-7-6-9-19-8-4-5-10-21(19)31-14-12-26(2)23(24)30/h4-5,8,10,16-17H,3,6-7,9,11-15,18H2,1-2H3. The Hall–Kier alpha value is -2.87. The number of hydrogen-bond donors (Lipinski definition) is 0. The molecule has 4 rings (SSSR count). The fourth-order valence-corrected chi connectivity index (χ4v) is 4.49. The third-order valence-electron chi connectivity index (χ3n) is 6.35. The zero-order valence-electron chi connectivity index (χ0n) is 19.0. The van der Waals surface area contributed by atoms with E-state index in [2.05, 4.69) is 11.2 Å². The fraction of sp³-hybridized carbons (Fsp3) is 0.542. The molecule has 1 aromatic carbocycles. The van der Waals surface area contributed by atoms with Crippen molar-refractivity contribution >= 4 is 11.8 Å². The first-order valence-electron chi connectivity index (χ1n) is 11.4. The minimum absolute atomic E-state index is 0.0864. The molecule has 0 N–H and O–H groups in total. The summed E-state index contributed by atoms with van der Waals surface area (Å²) in [6.07, 6.45) is 6.56. The number of ether oxygens (including phenoxy) is 2. The molecule has 0 bridgehead atoms. The van der Waals surface area contributed by atoms with Crippen molar-refractivity contribution in [2.75, 3.05) is 39.9 Å². The lowest BCUT2D eigenvalue weighted by Crippen LogP contribution is -2.61. The molecule has 1 saturated heterocycles. The van der Waals surface area contributed by atoms with Gasteiger partial charge in [0.25, 0.3) is 11.8 Å². The number of nitrogens with zero attached hydrogens (tertiary/aromatic N) is 4. The Morgan fingerprint density at radius 1 is 1.19 bits per heavy atom. The lowest BCUT2D eigenvalue weighted by atomic mass is 9.91. The summed E-state index contributed by atoms with van der Waals surface area (Å²) in [4.78, 5) is 30.1. The quantitative estimate of drug-likeness (QED) is 0.717. The molecule has 0 saturated carbocycles. The van der Waals surface area contributed by atoms with Crippen molar-refractivity contribution in [3.8, 4) is 5.75 Å². The van der Waals surface area contributed by atoms with E-state index < -0.39 is 5.60 Å². The summed E-state index contributed by atoms with van der Waals surface area (Å²) < 4.78 is 13.9. The van der Waals surface area contributed by atoms with E-state index in [0.717, 1.165) is 25.0 Å². The summed E-state index contributed by atoms with van der Waals surface area (Å²) in [5.74, 6) is 0.699. The van der Waals surface area contributed by atoms with Gasteiger partial charge in [-0.1, -0.05) is 18.2 Å². The number of morpholine rings is 1. The Kier molecular flexibility index (Phi) is 6.79. The minimum atomic E-state index is -1.03. The molecule has 0 aliphatic carbocycles. The van der Waals surface area contributed by atoms with E-state index in [4.69, 9.17) is 9.47 Å². The zero-order chi connectivity index (χ0) is 22.6. The van der Waals surface area contributed by atoms with Crippen LogP contribution in [-0.2, 0) is 22.5 Å². The Balaban J connectivity index is 1.53. The topological polar surface area (TPSA) is 76.9 Å². The summed E-state index contributed by atoms with van der Waals surface area (Å²) in [5.41, 5.74) is 0.704. The molecule has 1 unspecified atom stereocenters. The van der Waals surface area contributed by atoms with Gasteiger partial charge in [0.15, 0.2) is 5.60 Å². The van der Waals surface area contributed by atoms with Crippen LogP contribution in [0.15, 0.2) is 36.7 Å². The molecule has 8 nitrogen and oxygen atoms in total. The number of benzene rings is 1. The van der Waals surface area contributed by atoms with Crippen LogP contribution >= 0.6 is 0 Å².